The van der Waals surface area contributed by atoms with Crippen LogP contribution in [-0.2, 0) is 0 Å². The van der Waals surface area contributed by atoms with Crippen LogP contribution in [0.5, 0.6) is 5.75 Å². The van der Waals surface area contributed by atoms with Gasteiger partial charge in [0, 0.05) is 18.1 Å². The number of carbonyl (C=O) groups is 1. The lowest BCUT2D eigenvalue weighted by molar-refractivity contribution is 0.0737. The summed E-state index contributed by atoms with van der Waals surface area (Å²) in [6, 6.07) is 4.65. The Morgan fingerprint density at radius 3 is 2.69 bits per heavy atom. The minimum Gasteiger partial charge on any atom is -0.507 e. The van der Waals surface area contributed by atoms with Crippen LogP contribution in [0.3, 0.4) is 0 Å². The summed E-state index contributed by atoms with van der Waals surface area (Å²) in [6.45, 7) is 3.97. The first-order valence-electron chi connectivity index (χ1n) is 5.23. The highest BCUT2D eigenvalue weighted by Crippen LogP contribution is 2.23. The predicted molar refractivity (Wildman–Crippen MR) is 65.0 cm³/mol. The molecule has 1 atom stereocenters. The molecule has 1 N–H and O–H groups in total. The van der Waals surface area contributed by atoms with Crippen molar-refractivity contribution in [2.45, 2.75) is 26.3 Å². The second kappa shape index (κ2) is 5.21. The van der Waals surface area contributed by atoms with Gasteiger partial charge in [0.15, 0.2) is 0 Å². The molecule has 4 heteroatoms. The monoisotopic (exact) mass is 241 g/mol. The summed E-state index contributed by atoms with van der Waals surface area (Å²) in [7, 11) is 1.73. The number of amides is 1. The van der Waals surface area contributed by atoms with Crippen molar-refractivity contribution in [3.63, 3.8) is 0 Å². The van der Waals surface area contributed by atoms with Crippen LogP contribution in [0.1, 0.15) is 30.6 Å². The van der Waals surface area contributed by atoms with Gasteiger partial charge in [-0.1, -0.05) is 18.5 Å². The lowest BCUT2D eigenvalue weighted by atomic mass is 10.1. The molecule has 0 aliphatic carbocycles. The van der Waals surface area contributed by atoms with E-state index in [1.165, 1.54) is 6.07 Å². The van der Waals surface area contributed by atoms with Crippen LogP contribution < -0.4 is 0 Å². The van der Waals surface area contributed by atoms with Gasteiger partial charge in [-0.3, -0.25) is 4.79 Å². The first-order chi connectivity index (χ1) is 7.47. The summed E-state index contributed by atoms with van der Waals surface area (Å²) in [5.74, 6) is -0.267. The maximum absolute atomic E-state index is 12.0. The number of nitrogens with zero attached hydrogens (tertiary/aromatic N) is 1. The van der Waals surface area contributed by atoms with E-state index in [9.17, 15) is 9.90 Å². The molecular formula is C12H16ClNO2. The highest BCUT2D eigenvalue weighted by atomic mass is 35.5. The van der Waals surface area contributed by atoms with Crippen molar-refractivity contribution in [3.05, 3.63) is 28.8 Å². The van der Waals surface area contributed by atoms with Crippen molar-refractivity contribution in [3.8, 4) is 5.75 Å². The first-order valence-corrected chi connectivity index (χ1v) is 5.60. The highest BCUT2D eigenvalue weighted by Gasteiger charge is 2.19. The van der Waals surface area contributed by atoms with E-state index >= 15 is 0 Å². The molecule has 0 aliphatic rings. The summed E-state index contributed by atoms with van der Waals surface area (Å²) in [5, 5.41) is 10.1. The molecule has 0 spiro atoms. The number of benzene rings is 1. The van der Waals surface area contributed by atoms with Gasteiger partial charge >= 0.3 is 0 Å². The molecule has 0 saturated carbocycles. The van der Waals surface area contributed by atoms with Crippen LogP contribution in [0.2, 0.25) is 5.02 Å². The van der Waals surface area contributed by atoms with Gasteiger partial charge < -0.3 is 10.0 Å². The van der Waals surface area contributed by atoms with Crippen molar-refractivity contribution in [2.24, 2.45) is 0 Å². The molecule has 1 aromatic rings. The third kappa shape index (κ3) is 2.67. The Balaban J connectivity index is 2.96. The van der Waals surface area contributed by atoms with Gasteiger partial charge in [0.2, 0.25) is 0 Å². The molecule has 1 rings (SSSR count). The standard InChI is InChI=1S/C12H16ClNO2/c1-4-8(2)14(3)12(16)10-6-5-9(13)7-11(10)15/h5-8,15H,4H2,1-3H3. The number of hydrogen-bond acceptors (Lipinski definition) is 2. The van der Waals surface area contributed by atoms with Crippen LogP contribution >= 0.6 is 11.6 Å². The van der Waals surface area contributed by atoms with Crippen molar-refractivity contribution in [1.29, 1.82) is 0 Å². The summed E-state index contributed by atoms with van der Waals surface area (Å²) < 4.78 is 0. The first kappa shape index (κ1) is 12.8. The van der Waals surface area contributed by atoms with Gasteiger partial charge in [-0.05, 0) is 31.5 Å². The van der Waals surface area contributed by atoms with Crippen LogP contribution in [0, 0.1) is 0 Å². The van der Waals surface area contributed by atoms with Gasteiger partial charge in [-0.2, -0.15) is 0 Å². The molecule has 0 saturated heterocycles. The normalized spacial score (nSPS) is 12.2. The maximum Gasteiger partial charge on any atom is 0.257 e. The summed E-state index contributed by atoms with van der Waals surface area (Å²) >= 11 is 5.71. The quantitative estimate of drug-likeness (QED) is 0.884. The maximum atomic E-state index is 12.0. The van der Waals surface area contributed by atoms with E-state index in [-0.39, 0.29) is 23.3 Å². The smallest absolute Gasteiger partial charge is 0.257 e. The minimum absolute atomic E-state index is 0.0762. The van der Waals surface area contributed by atoms with E-state index in [4.69, 9.17) is 11.6 Å². The Hall–Kier alpha value is -1.22. The van der Waals surface area contributed by atoms with Crippen molar-refractivity contribution in [1.82, 2.24) is 4.90 Å². The Labute approximate surface area is 101 Å². The van der Waals surface area contributed by atoms with Crippen LogP contribution in [0.25, 0.3) is 0 Å². The van der Waals surface area contributed by atoms with Gasteiger partial charge in [0.05, 0.1) is 5.56 Å². The van der Waals surface area contributed by atoms with E-state index in [0.717, 1.165) is 6.42 Å². The number of phenolic OH excluding ortho intramolecular Hbond substituents is 1. The molecule has 1 unspecified atom stereocenters. The number of aromatic hydroxyl groups is 1. The van der Waals surface area contributed by atoms with Crippen molar-refractivity contribution >= 4 is 17.5 Å². The lowest BCUT2D eigenvalue weighted by Gasteiger charge is -2.24. The Bertz CT molecular complexity index is 393. The molecule has 0 aromatic heterocycles. The zero-order chi connectivity index (χ0) is 12.3. The zero-order valence-corrected chi connectivity index (χ0v) is 10.5. The predicted octanol–water partition coefficient (Wildman–Crippen LogP) is 2.92. The molecule has 0 bridgehead atoms. The third-order valence-corrected chi connectivity index (χ3v) is 3.00. The van der Waals surface area contributed by atoms with Gasteiger partial charge in [0.1, 0.15) is 5.75 Å². The van der Waals surface area contributed by atoms with Crippen LogP contribution in [-0.4, -0.2) is 29.0 Å². The highest BCUT2D eigenvalue weighted by molar-refractivity contribution is 6.30. The van der Waals surface area contributed by atoms with Gasteiger partial charge in [0.25, 0.3) is 5.91 Å². The number of carbonyl (C=O) groups excluding carboxylic acids is 1. The molecule has 1 aromatic carbocycles. The Morgan fingerprint density at radius 2 is 2.19 bits per heavy atom. The van der Waals surface area contributed by atoms with E-state index < -0.39 is 0 Å². The molecule has 1 amide bonds. The van der Waals surface area contributed by atoms with E-state index in [2.05, 4.69) is 0 Å². The fourth-order valence-corrected chi connectivity index (χ4v) is 1.52. The number of halogens is 1. The number of phenols is 1. The number of hydrogen-bond donors (Lipinski definition) is 1. The molecule has 0 radical (unpaired) electrons. The fraction of sp³-hybridized carbons (Fsp3) is 0.417. The largest absolute Gasteiger partial charge is 0.507 e. The minimum atomic E-state index is -0.191. The van der Waals surface area contributed by atoms with E-state index in [1.54, 1.807) is 24.1 Å². The topological polar surface area (TPSA) is 40.5 Å². The molecule has 0 fully saturated rings. The SMILES string of the molecule is CCC(C)N(C)C(=O)c1ccc(Cl)cc1O. The molecule has 0 heterocycles. The van der Waals surface area contributed by atoms with Gasteiger partial charge in [-0.25, -0.2) is 0 Å². The summed E-state index contributed by atoms with van der Waals surface area (Å²) in [4.78, 5) is 13.6. The summed E-state index contributed by atoms with van der Waals surface area (Å²) in [5.41, 5.74) is 0.284. The van der Waals surface area contributed by atoms with Crippen LogP contribution in [0.4, 0.5) is 0 Å². The zero-order valence-electron chi connectivity index (χ0n) is 9.70. The average molecular weight is 242 g/mol. The van der Waals surface area contributed by atoms with Gasteiger partial charge in [-0.15, -0.1) is 0 Å². The molecular weight excluding hydrogens is 226 g/mol. The lowest BCUT2D eigenvalue weighted by Crippen LogP contribution is -2.34. The fourth-order valence-electron chi connectivity index (χ4n) is 1.35. The van der Waals surface area contributed by atoms with Crippen molar-refractivity contribution in [2.75, 3.05) is 7.05 Å². The van der Waals surface area contributed by atoms with E-state index in [1.807, 2.05) is 13.8 Å². The Morgan fingerprint density at radius 1 is 1.56 bits per heavy atom. The Kier molecular flexibility index (Phi) is 4.19. The second-order valence-corrected chi connectivity index (χ2v) is 4.27. The number of rotatable bonds is 3. The molecule has 0 aliphatic heterocycles. The molecule has 16 heavy (non-hydrogen) atoms. The van der Waals surface area contributed by atoms with E-state index in [0.29, 0.717) is 5.02 Å². The second-order valence-electron chi connectivity index (χ2n) is 3.83. The molecule has 88 valence electrons. The summed E-state index contributed by atoms with van der Waals surface area (Å²) in [6.07, 6.45) is 0.872. The van der Waals surface area contributed by atoms with Crippen LogP contribution in [0.15, 0.2) is 18.2 Å². The molecule has 3 nitrogen and oxygen atoms in total. The average Bonchev–Trinajstić information content (AvgIpc) is 2.26. The third-order valence-electron chi connectivity index (χ3n) is 2.76. The van der Waals surface area contributed by atoms with Crippen molar-refractivity contribution < 1.29 is 9.90 Å².